The Kier molecular flexibility index (Phi) is 4.82. The van der Waals surface area contributed by atoms with Crippen molar-refractivity contribution in [2.24, 2.45) is 0 Å². The highest BCUT2D eigenvalue weighted by molar-refractivity contribution is 7.10. The third-order valence-electron chi connectivity index (χ3n) is 2.78. The summed E-state index contributed by atoms with van der Waals surface area (Å²) in [6.45, 7) is 2.39. The van der Waals surface area contributed by atoms with Crippen molar-refractivity contribution in [3.8, 4) is 0 Å². The Labute approximate surface area is 130 Å². The first-order valence-electron chi connectivity index (χ1n) is 6.07. The van der Waals surface area contributed by atoms with E-state index in [0.717, 1.165) is 10.4 Å². The SMILES string of the molecule is Cc1ccsc1CNC(=O)Nc1cc(Cl)cc(C(=O)O)c1. The van der Waals surface area contributed by atoms with E-state index in [1.54, 1.807) is 11.3 Å². The fourth-order valence-electron chi connectivity index (χ4n) is 1.71. The minimum atomic E-state index is -1.10. The predicted molar refractivity (Wildman–Crippen MR) is 83.3 cm³/mol. The van der Waals surface area contributed by atoms with Crippen molar-refractivity contribution in [1.29, 1.82) is 0 Å². The highest BCUT2D eigenvalue weighted by Gasteiger charge is 2.09. The summed E-state index contributed by atoms with van der Waals surface area (Å²) in [5.74, 6) is -1.10. The van der Waals surface area contributed by atoms with Gasteiger partial charge in [-0.15, -0.1) is 11.3 Å². The second-order valence-electron chi connectivity index (χ2n) is 4.37. The maximum atomic E-state index is 11.8. The van der Waals surface area contributed by atoms with Crippen molar-refractivity contribution < 1.29 is 14.7 Å². The summed E-state index contributed by atoms with van der Waals surface area (Å²) in [7, 11) is 0. The molecule has 5 nitrogen and oxygen atoms in total. The summed E-state index contributed by atoms with van der Waals surface area (Å²) in [5.41, 5.74) is 1.48. The molecule has 0 radical (unpaired) electrons. The molecular weight excluding hydrogens is 312 g/mol. The molecule has 0 saturated heterocycles. The normalized spacial score (nSPS) is 10.2. The molecule has 1 aromatic carbocycles. The molecule has 0 saturated carbocycles. The number of nitrogens with one attached hydrogen (secondary N) is 2. The molecular formula is C14H13ClN2O3S. The van der Waals surface area contributed by atoms with Crippen LogP contribution in [-0.4, -0.2) is 17.1 Å². The maximum absolute atomic E-state index is 11.8. The van der Waals surface area contributed by atoms with E-state index in [9.17, 15) is 9.59 Å². The molecule has 0 fully saturated rings. The summed E-state index contributed by atoms with van der Waals surface area (Å²) < 4.78 is 0. The highest BCUT2D eigenvalue weighted by atomic mass is 35.5. The third-order valence-corrected chi connectivity index (χ3v) is 4.02. The van der Waals surface area contributed by atoms with Crippen LogP contribution in [0.3, 0.4) is 0 Å². The molecule has 7 heteroatoms. The summed E-state index contributed by atoms with van der Waals surface area (Å²) >= 11 is 7.39. The summed E-state index contributed by atoms with van der Waals surface area (Å²) in [4.78, 5) is 23.8. The molecule has 0 bridgehead atoms. The number of carbonyl (C=O) groups excluding carboxylic acids is 1. The van der Waals surface area contributed by atoms with Crippen molar-refractivity contribution in [2.45, 2.75) is 13.5 Å². The molecule has 2 rings (SSSR count). The van der Waals surface area contributed by atoms with Gasteiger partial charge in [-0.1, -0.05) is 11.6 Å². The molecule has 0 aliphatic carbocycles. The lowest BCUT2D eigenvalue weighted by molar-refractivity contribution is 0.0697. The van der Waals surface area contributed by atoms with Gasteiger partial charge in [0.05, 0.1) is 12.1 Å². The molecule has 21 heavy (non-hydrogen) atoms. The minimum absolute atomic E-state index is 0.0203. The number of hydrogen-bond donors (Lipinski definition) is 3. The molecule has 110 valence electrons. The number of urea groups is 1. The Bertz CT molecular complexity index is 685. The van der Waals surface area contributed by atoms with Crippen molar-refractivity contribution in [3.05, 3.63) is 50.7 Å². The monoisotopic (exact) mass is 324 g/mol. The molecule has 0 unspecified atom stereocenters. The third kappa shape index (κ3) is 4.21. The quantitative estimate of drug-likeness (QED) is 0.801. The molecule has 1 heterocycles. The highest BCUT2D eigenvalue weighted by Crippen LogP contribution is 2.19. The number of hydrogen-bond acceptors (Lipinski definition) is 3. The molecule has 0 atom stereocenters. The topological polar surface area (TPSA) is 78.4 Å². The molecule has 0 aliphatic heterocycles. The van der Waals surface area contributed by atoms with E-state index in [-0.39, 0.29) is 10.6 Å². The Balaban J connectivity index is 1.99. The van der Waals surface area contributed by atoms with Crippen molar-refractivity contribution >= 4 is 40.6 Å². The van der Waals surface area contributed by atoms with Gasteiger partial charge in [0, 0.05) is 15.6 Å². The van der Waals surface area contributed by atoms with E-state index in [0.29, 0.717) is 12.2 Å². The first-order valence-corrected chi connectivity index (χ1v) is 7.33. The van der Waals surface area contributed by atoms with E-state index in [2.05, 4.69) is 10.6 Å². The fourth-order valence-corrected chi connectivity index (χ4v) is 2.79. The van der Waals surface area contributed by atoms with Crippen molar-refractivity contribution in [3.63, 3.8) is 0 Å². The molecule has 0 spiro atoms. The van der Waals surface area contributed by atoms with Gasteiger partial charge < -0.3 is 15.7 Å². The standard InChI is InChI=1S/C14H13ClN2O3S/c1-8-2-3-21-12(8)7-16-14(20)17-11-5-9(13(18)19)4-10(15)6-11/h2-6H,7H2,1H3,(H,18,19)(H2,16,17,20). The van der Waals surface area contributed by atoms with Gasteiger partial charge >= 0.3 is 12.0 Å². The van der Waals surface area contributed by atoms with Crippen LogP contribution in [0.2, 0.25) is 5.02 Å². The van der Waals surface area contributed by atoms with Gasteiger partial charge in [0.15, 0.2) is 0 Å². The first kappa shape index (κ1) is 15.3. The Morgan fingerprint density at radius 3 is 2.71 bits per heavy atom. The second kappa shape index (κ2) is 6.60. The van der Waals surface area contributed by atoms with Gasteiger partial charge in [-0.2, -0.15) is 0 Å². The number of carboxylic acids is 1. The number of halogens is 1. The van der Waals surface area contributed by atoms with Crippen LogP contribution in [0.4, 0.5) is 10.5 Å². The van der Waals surface area contributed by atoms with Crippen LogP contribution in [0.1, 0.15) is 20.8 Å². The number of amides is 2. The molecule has 2 amide bonds. The number of carboxylic acid groups (broad SMARTS) is 1. The first-order chi connectivity index (χ1) is 9.95. The summed E-state index contributed by atoms with van der Waals surface area (Å²) in [6, 6.07) is 5.73. The zero-order chi connectivity index (χ0) is 15.4. The lowest BCUT2D eigenvalue weighted by atomic mass is 10.2. The van der Waals surface area contributed by atoms with Gasteiger partial charge in [0.1, 0.15) is 0 Å². The zero-order valence-corrected chi connectivity index (χ0v) is 12.7. The second-order valence-corrected chi connectivity index (χ2v) is 5.81. The van der Waals surface area contributed by atoms with Crippen LogP contribution < -0.4 is 10.6 Å². The van der Waals surface area contributed by atoms with Crippen molar-refractivity contribution in [2.75, 3.05) is 5.32 Å². The molecule has 2 aromatic rings. The zero-order valence-electron chi connectivity index (χ0n) is 11.1. The van der Waals surface area contributed by atoms with E-state index >= 15 is 0 Å². The van der Waals surface area contributed by atoms with Gasteiger partial charge in [-0.05, 0) is 42.1 Å². The van der Waals surface area contributed by atoms with Gasteiger partial charge in [0.25, 0.3) is 0 Å². The summed E-state index contributed by atoms with van der Waals surface area (Å²) in [5, 5.41) is 16.4. The smallest absolute Gasteiger partial charge is 0.335 e. The number of carbonyl (C=O) groups is 2. The number of anilines is 1. The number of benzene rings is 1. The largest absolute Gasteiger partial charge is 0.478 e. The number of rotatable bonds is 4. The lowest BCUT2D eigenvalue weighted by Gasteiger charge is -2.08. The maximum Gasteiger partial charge on any atom is 0.335 e. The predicted octanol–water partition coefficient (Wildman–Crippen LogP) is 3.73. The van der Waals surface area contributed by atoms with E-state index in [1.807, 2.05) is 18.4 Å². The van der Waals surface area contributed by atoms with Crippen LogP contribution in [0.25, 0.3) is 0 Å². The van der Waals surface area contributed by atoms with Crippen LogP contribution in [-0.2, 0) is 6.54 Å². The Morgan fingerprint density at radius 1 is 1.33 bits per heavy atom. The Morgan fingerprint density at radius 2 is 2.10 bits per heavy atom. The van der Waals surface area contributed by atoms with Crippen LogP contribution >= 0.6 is 22.9 Å². The van der Waals surface area contributed by atoms with Gasteiger partial charge in [-0.25, -0.2) is 9.59 Å². The lowest BCUT2D eigenvalue weighted by Crippen LogP contribution is -2.28. The van der Waals surface area contributed by atoms with Crippen LogP contribution in [0, 0.1) is 6.92 Å². The van der Waals surface area contributed by atoms with Gasteiger partial charge in [0.2, 0.25) is 0 Å². The Hall–Kier alpha value is -2.05. The van der Waals surface area contributed by atoms with E-state index in [1.165, 1.54) is 18.2 Å². The van der Waals surface area contributed by atoms with Crippen molar-refractivity contribution in [1.82, 2.24) is 5.32 Å². The summed E-state index contributed by atoms with van der Waals surface area (Å²) in [6.07, 6.45) is 0. The van der Waals surface area contributed by atoms with E-state index in [4.69, 9.17) is 16.7 Å². The van der Waals surface area contributed by atoms with Crippen LogP contribution in [0.15, 0.2) is 29.6 Å². The number of aryl methyl sites for hydroxylation is 1. The number of thiophene rings is 1. The molecule has 3 N–H and O–H groups in total. The molecule has 0 aliphatic rings. The van der Waals surface area contributed by atoms with Crippen LogP contribution in [0.5, 0.6) is 0 Å². The average Bonchev–Trinajstić information content (AvgIpc) is 2.81. The van der Waals surface area contributed by atoms with Gasteiger partial charge in [-0.3, -0.25) is 0 Å². The fraction of sp³-hybridized carbons (Fsp3) is 0.143. The number of aromatic carboxylic acids is 1. The average molecular weight is 325 g/mol. The molecule has 1 aromatic heterocycles. The van der Waals surface area contributed by atoms with E-state index < -0.39 is 12.0 Å². The minimum Gasteiger partial charge on any atom is -0.478 e.